The summed E-state index contributed by atoms with van der Waals surface area (Å²) in [5.41, 5.74) is 0.0420. The Morgan fingerprint density at radius 1 is 0.917 bits per heavy atom. The fourth-order valence-corrected chi connectivity index (χ4v) is 4.06. The van der Waals surface area contributed by atoms with Crippen LogP contribution in [0.25, 0.3) is 0 Å². The van der Waals surface area contributed by atoms with Crippen LogP contribution in [0.2, 0.25) is 0 Å². The Bertz CT molecular complexity index is 1240. The van der Waals surface area contributed by atoms with Crippen molar-refractivity contribution in [2.45, 2.75) is 37.8 Å². The Hall–Kier alpha value is -4.21. The smallest absolute Gasteiger partial charge is 0.257 e. The summed E-state index contributed by atoms with van der Waals surface area (Å²) in [6.45, 7) is 0. The third-order valence-electron chi connectivity index (χ3n) is 5.95. The van der Waals surface area contributed by atoms with Gasteiger partial charge in [0.15, 0.2) is 11.5 Å². The maximum absolute atomic E-state index is 13.9. The van der Waals surface area contributed by atoms with Crippen molar-refractivity contribution in [3.63, 3.8) is 0 Å². The zero-order valence-electron chi connectivity index (χ0n) is 19.5. The van der Waals surface area contributed by atoms with Gasteiger partial charge >= 0.3 is 0 Å². The van der Waals surface area contributed by atoms with E-state index < -0.39 is 23.4 Å². The quantitative estimate of drug-likeness (QED) is 0.448. The monoisotopic (exact) mass is 497 g/mol. The van der Waals surface area contributed by atoms with E-state index in [0.717, 1.165) is 12.3 Å². The number of aromatic nitrogens is 1. The van der Waals surface area contributed by atoms with Gasteiger partial charge in [0.2, 0.25) is 5.88 Å². The average molecular weight is 497 g/mol. The second kappa shape index (κ2) is 11.0. The van der Waals surface area contributed by atoms with Crippen molar-refractivity contribution in [3.8, 4) is 23.1 Å². The topological polar surface area (TPSA) is 110 Å². The van der Waals surface area contributed by atoms with Gasteiger partial charge in [0.1, 0.15) is 22.9 Å². The molecule has 1 saturated carbocycles. The fourth-order valence-electron chi connectivity index (χ4n) is 4.06. The van der Waals surface area contributed by atoms with E-state index in [1.165, 1.54) is 37.4 Å². The molecule has 3 aromatic rings. The summed E-state index contributed by atoms with van der Waals surface area (Å²) >= 11 is 0. The minimum atomic E-state index is -0.696. The summed E-state index contributed by atoms with van der Waals surface area (Å²) < 4.78 is 37.6. The molecule has 188 valence electrons. The van der Waals surface area contributed by atoms with Crippen LogP contribution in [-0.2, 0) is 0 Å². The Labute approximate surface area is 206 Å². The van der Waals surface area contributed by atoms with Gasteiger partial charge in [-0.15, -0.1) is 0 Å². The molecule has 1 heterocycles. The van der Waals surface area contributed by atoms with Crippen molar-refractivity contribution in [1.29, 1.82) is 0 Å². The second-order valence-electron chi connectivity index (χ2n) is 8.41. The largest absolute Gasteiger partial charge is 0.504 e. The number of hydrogen-bond donors (Lipinski definition) is 3. The summed E-state index contributed by atoms with van der Waals surface area (Å²) in [4.78, 5) is 29.4. The highest BCUT2D eigenvalue weighted by atomic mass is 19.1. The number of benzene rings is 2. The first-order chi connectivity index (χ1) is 17.3. The number of ether oxygens (including phenoxy) is 2. The van der Waals surface area contributed by atoms with Gasteiger partial charge in [-0.25, -0.2) is 13.8 Å². The van der Waals surface area contributed by atoms with E-state index in [4.69, 9.17) is 9.47 Å². The summed E-state index contributed by atoms with van der Waals surface area (Å²) in [6.07, 6.45) is 3.29. The van der Waals surface area contributed by atoms with Crippen LogP contribution in [0.15, 0.2) is 54.7 Å². The van der Waals surface area contributed by atoms with E-state index in [1.54, 1.807) is 12.1 Å². The average Bonchev–Trinajstić information content (AvgIpc) is 2.87. The summed E-state index contributed by atoms with van der Waals surface area (Å²) in [5.74, 6) is -1.95. The molecule has 1 aliphatic carbocycles. The number of pyridine rings is 1. The normalized spacial score (nSPS) is 17.2. The highest BCUT2D eigenvalue weighted by molar-refractivity contribution is 5.98. The molecule has 8 nitrogen and oxygen atoms in total. The predicted molar refractivity (Wildman–Crippen MR) is 126 cm³/mol. The standard InChI is InChI=1S/C26H25F2N3O5/c1-35-22-4-2-3-20(23(22)32)24(33)30-17-7-9-18(10-8-17)31-25(34)21-13-16(28)14-29-26(21)36-19-11-5-15(27)6-12-19/h2-6,11-14,17-18,32H,7-10H2,1H3,(H,30,33)(H,31,34). The van der Waals surface area contributed by atoms with Gasteiger partial charge in [-0.05, 0) is 68.1 Å². The van der Waals surface area contributed by atoms with E-state index in [9.17, 15) is 23.5 Å². The third-order valence-corrected chi connectivity index (χ3v) is 5.95. The molecule has 1 aliphatic rings. The number of phenols is 1. The second-order valence-corrected chi connectivity index (χ2v) is 8.41. The molecule has 2 amide bonds. The lowest BCUT2D eigenvalue weighted by Gasteiger charge is -2.30. The zero-order chi connectivity index (χ0) is 25.7. The molecule has 0 bridgehead atoms. The van der Waals surface area contributed by atoms with E-state index in [0.29, 0.717) is 25.7 Å². The van der Waals surface area contributed by atoms with Gasteiger partial charge < -0.3 is 25.2 Å². The van der Waals surface area contributed by atoms with E-state index in [2.05, 4.69) is 15.6 Å². The number of methoxy groups -OCH3 is 1. The molecule has 1 fully saturated rings. The highest BCUT2D eigenvalue weighted by Crippen LogP contribution is 2.30. The van der Waals surface area contributed by atoms with E-state index in [1.807, 2.05) is 0 Å². The Kier molecular flexibility index (Phi) is 7.62. The molecule has 0 spiro atoms. The lowest BCUT2D eigenvalue weighted by Crippen LogP contribution is -2.43. The van der Waals surface area contributed by atoms with Crippen LogP contribution in [0, 0.1) is 11.6 Å². The number of aromatic hydroxyl groups is 1. The van der Waals surface area contributed by atoms with Crippen molar-refractivity contribution in [2.75, 3.05) is 7.11 Å². The van der Waals surface area contributed by atoms with Crippen LogP contribution in [-0.4, -0.2) is 41.1 Å². The molecule has 1 aromatic heterocycles. The third kappa shape index (κ3) is 5.88. The number of nitrogens with one attached hydrogen (secondary N) is 2. The van der Waals surface area contributed by atoms with Crippen molar-refractivity contribution < 1.29 is 33.0 Å². The lowest BCUT2D eigenvalue weighted by atomic mass is 9.90. The van der Waals surface area contributed by atoms with Gasteiger partial charge in [0.25, 0.3) is 11.8 Å². The molecule has 0 aliphatic heterocycles. The molecular formula is C26H25F2N3O5. The van der Waals surface area contributed by atoms with Crippen LogP contribution < -0.4 is 20.1 Å². The van der Waals surface area contributed by atoms with Gasteiger partial charge in [-0.2, -0.15) is 0 Å². The number of halogens is 2. The minimum Gasteiger partial charge on any atom is -0.504 e. The van der Waals surface area contributed by atoms with Crippen LogP contribution in [0.5, 0.6) is 23.1 Å². The van der Waals surface area contributed by atoms with Gasteiger partial charge in [0, 0.05) is 12.1 Å². The van der Waals surface area contributed by atoms with Crippen molar-refractivity contribution >= 4 is 11.8 Å². The lowest BCUT2D eigenvalue weighted by molar-refractivity contribution is 0.0888. The number of carbonyl (C=O) groups is 2. The number of carbonyl (C=O) groups excluding carboxylic acids is 2. The SMILES string of the molecule is COc1cccc(C(=O)NC2CCC(NC(=O)c3cc(F)cnc3Oc3ccc(F)cc3)CC2)c1O. The van der Waals surface area contributed by atoms with E-state index >= 15 is 0 Å². The van der Waals surface area contributed by atoms with Gasteiger partial charge in [-0.1, -0.05) is 6.07 Å². The molecule has 0 saturated heterocycles. The molecule has 0 radical (unpaired) electrons. The number of nitrogens with zero attached hydrogens (tertiary/aromatic N) is 1. The maximum Gasteiger partial charge on any atom is 0.257 e. The van der Waals surface area contributed by atoms with Crippen LogP contribution in [0.3, 0.4) is 0 Å². The van der Waals surface area contributed by atoms with Crippen LogP contribution in [0.1, 0.15) is 46.4 Å². The highest BCUT2D eigenvalue weighted by Gasteiger charge is 2.26. The fraction of sp³-hybridized carbons (Fsp3) is 0.269. The van der Waals surface area contributed by atoms with Crippen molar-refractivity contribution in [1.82, 2.24) is 15.6 Å². The molecule has 0 atom stereocenters. The molecule has 10 heteroatoms. The number of hydrogen-bond acceptors (Lipinski definition) is 6. The molecular weight excluding hydrogens is 472 g/mol. The number of amides is 2. The zero-order valence-corrected chi connectivity index (χ0v) is 19.5. The summed E-state index contributed by atoms with van der Waals surface area (Å²) in [5, 5.41) is 16.0. The maximum atomic E-state index is 13.9. The molecule has 0 unspecified atom stereocenters. The Morgan fingerprint density at radius 3 is 2.14 bits per heavy atom. The van der Waals surface area contributed by atoms with Gasteiger partial charge in [-0.3, -0.25) is 9.59 Å². The van der Waals surface area contributed by atoms with Crippen LogP contribution in [0.4, 0.5) is 8.78 Å². The molecule has 3 N–H and O–H groups in total. The van der Waals surface area contributed by atoms with E-state index in [-0.39, 0.29) is 46.3 Å². The first kappa shape index (κ1) is 24.9. The van der Waals surface area contributed by atoms with Crippen molar-refractivity contribution in [3.05, 3.63) is 77.5 Å². The molecule has 2 aromatic carbocycles. The van der Waals surface area contributed by atoms with Crippen LogP contribution >= 0.6 is 0 Å². The molecule has 36 heavy (non-hydrogen) atoms. The predicted octanol–water partition coefficient (Wildman–Crippen LogP) is 4.34. The van der Waals surface area contributed by atoms with Gasteiger partial charge in [0.05, 0.1) is 18.9 Å². The molecule has 4 rings (SSSR count). The minimum absolute atomic E-state index is 0.0803. The Morgan fingerprint density at radius 2 is 1.53 bits per heavy atom. The first-order valence-corrected chi connectivity index (χ1v) is 11.4. The summed E-state index contributed by atoms with van der Waals surface area (Å²) in [7, 11) is 1.41. The number of para-hydroxylation sites is 1. The summed E-state index contributed by atoms with van der Waals surface area (Å²) in [6, 6.07) is 10.6. The number of phenolic OH excluding ortho intramolecular Hbond substituents is 1. The number of rotatable bonds is 7. The Balaban J connectivity index is 1.35. The first-order valence-electron chi connectivity index (χ1n) is 11.4. The van der Waals surface area contributed by atoms with Crippen molar-refractivity contribution in [2.24, 2.45) is 0 Å².